The molecule has 16 heavy (non-hydrogen) atoms. The van der Waals surface area contributed by atoms with Crippen LogP contribution in [0.1, 0.15) is 33.6 Å². The predicted molar refractivity (Wildman–Crippen MR) is 59.7 cm³/mol. The molecule has 0 rings (SSSR count). The number of carbonyl (C=O) groups is 2. The van der Waals surface area contributed by atoms with Crippen LogP contribution >= 0.6 is 0 Å². The highest BCUT2D eigenvalue weighted by molar-refractivity contribution is 5.83. The molecule has 1 amide bonds. The van der Waals surface area contributed by atoms with Crippen LogP contribution in [-0.2, 0) is 14.3 Å². The van der Waals surface area contributed by atoms with E-state index in [9.17, 15) is 9.59 Å². The van der Waals surface area contributed by atoms with Gasteiger partial charge in [0, 0.05) is 20.0 Å². The van der Waals surface area contributed by atoms with Crippen molar-refractivity contribution in [1.82, 2.24) is 5.32 Å². The number of carbonyl (C=O) groups excluding carboxylic acids is 2. The molecule has 5 nitrogen and oxygen atoms in total. The van der Waals surface area contributed by atoms with E-state index < -0.39 is 12.0 Å². The lowest BCUT2D eigenvalue weighted by Gasteiger charge is -2.18. The van der Waals surface area contributed by atoms with Gasteiger partial charge in [-0.05, 0) is 12.3 Å². The summed E-state index contributed by atoms with van der Waals surface area (Å²) in [6.45, 7) is 5.48. The normalized spacial score (nSPS) is 12.3. The van der Waals surface area contributed by atoms with E-state index in [1.165, 1.54) is 6.92 Å². The van der Waals surface area contributed by atoms with E-state index in [4.69, 9.17) is 9.84 Å². The van der Waals surface area contributed by atoms with E-state index in [1.807, 2.05) is 13.8 Å². The Morgan fingerprint density at radius 3 is 2.44 bits per heavy atom. The minimum atomic E-state index is -0.587. The summed E-state index contributed by atoms with van der Waals surface area (Å²) in [7, 11) is 0. The van der Waals surface area contributed by atoms with Crippen LogP contribution < -0.4 is 5.32 Å². The van der Waals surface area contributed by atoms with Crippen molar-refractivity contribution in [3.63, 3.8) is 0 Å². The topological polar surface area (TPSA) is 75.6 Å². The molecule has 1 unspecified atom stereocenters. The monoisotopic (exact) mass is 231 g/mol. The molecule has 0 bridgehead atoms. The van der Waals surface area contributed by atoms with E-state index in [2.05, 4.69) is 5.32 Å². The fourth-order valence-electron chi connectivity index (χ4n) is 1.27. The van der Waals surface area contributed by atoms with Gasteiger partial charge < -0.3 is 15.2 Å². The lowest BCUT2D eigenvalue weighted by Crippen LogP contribution is -2.41. The highest BCUT2D eigenvalue weighted by atomic mass is 16.5. The molecular weight excluding hydrogens is 210 g/mol. The molecule has 2 N–H and O–H groups in total. The zero-order valence-corrected chi connectivity index (χ0v) is 10.2. The molecule has 5 heteroatoms. The molecule has 94 valence electrons. The van der Waals surface area contributed by atoms with Gasteiger partial charge in [-0.1, -0.05) is 13.8 Å². The number of hydrogen-bond acceptors (Lipinski definition) is 4. The molecule has 0 radical (unpaired) electrons. The molecule has 0 aromatic heterocycles. The minimum Gasteiger partial charge on any atom is -0.464 e. The lowest BCUT2D eigenvalue weighted by molar-refractivity contribution is -0.148. The molecule has 0 fully saturated rings. The highest BCUT2D eigenvalue weighted by Crippen LogP contribution is 2.06. The molecule has 0 aromatic rings. The van der Waals surface area contributed by atoms with Crippen LogP contribution in [0.5, 0.6) is 0 Å². The number of hydrogen-bond donors (Lipinski definition) is 2. The minimum absolute atomic E-state index is 0.0116. The average molecular weight is 231 g/mol. The molecule has 0 aliphatic rings. The molecule has 0 aromatic carbocycles. The van der Waals surface area contributed by atoms with Gasteiger partial charge in [0.2, 0.25) is 5.91 Å². The summed E-state index contributed by atoms with van der Waals surface area (Å²) in [5.41, 5.74) is 0. The Hall–Kier alpha value is -1.10. The number of ether oxygens (including phenoxy) is 1. The maximum Gasteiger partial charge on any atom is 0.328 e. The number of amides is 1. The summed E-state index contributed by atoms with van der Waals surface area (Å²) >= 11 is 0. The van der Waals surface area contributed by atoms with Gasteiger partial charge in [0.05, 0.1) is 6.61 Å². The number of aliphatic hydroxyl groups excluding tert-OH is 1. The van der Waals surface area contributed by atoms with Crippen molar-refractivity contribution in [3.8, 4) is 0 Å². The Bertz CT molecular complexity index is 228. The van der Waals surface area contributed by atoms with Gasteiger partial charge in [0.15, 0.2) is 0 Å². The SMILES string of the molecule is CC(=O)NC(CC(C)C)C(=O)OCCCO. The largest absolute Gasteiger partial charge is 0.464 e. The van der Waals surface area contributed by atoms with Gasteiger partial charge in [0.1, 0.15) is 6.04 Å². The van der Waals surface area contributed by atoms with Gasteiger partial charge in [-0.2, -0.15) is 0 Å². The van der Waals surface area contributed by atoms with Crippen LogP contribution in [0.4, 0.5) is 0 Å². The van der Waals surface area contributed by atoms with Crippen LogP contribution in [0.25, 0.3) is 0 Å². The smallest absolute Gasteiger partial charge is 0.328 e. The summed E-state index contributed by atoms with van der Waals surface area (Å²) in [5, 5.41) is 11.1. The molecule has 1 atom stereocenters. The number of esters is 1. The third-order valence-electron chi connectivity index (χ3n) is 1.92. The second-order valence-electron chi connectivity index (χ2n) is 4.13. The number of aliphatic hydroxyl groups is 1. The second-order valence-corrected chi connectivity index (χ2v) is 4.13. The zero-order valence-electron chi connectivity index (χ0n) is 10.2. The van der Waals surface area contributed by atoms with Crippen molar-refractivity contribution < 1.29 is 19.4 Å². The van der Waals surface area contributed by atoms with E-state index >= 15 is 0 Å². The Balaban J connectivity index is 4.15. The quantitative estimate of drug-likeness (QED) is 0.493. The molecular formula is C11H21NO4. The average Bonchev–Trinajstić information content (AvgIpc) is 2.15. The maximum absolute atomic E-state index is 11.6. The summed E-state index contributed by atoms with van der Waals surface area (Å²) in [6, 6.07) is -0.587. The second kappa shape index (κ2) is 8.10. The maximum atomic E-state index is 11.6. The fraction of sp³-hybridized carbons (Fsp3) is 0.818. The Labute approximate surface area is 96.2 Å². The first-order valence-corrected chi connectivity index (χ1v) is 5.52. The van der Waals surface area contributed by atoms with Crippen molar-refractivity contribution >= 4 is 11.9 Å². The summed E-state index contributed by atoms with van der Waals surface area (Å²) in [4.78, 5) is 22.5. The Morgan fingerprint density at radius 2 is 2.00 bits per heavy atom. The van der Waals surface area contributed by atoms with Crippen molar-refractivity contribution in [1.29, 1.82) is 0 Å². The molecule has 0 saturated heterocycles. The van der Waals surface area contributed by atoms with Gasteiger partial charge in [-0.15, -0.1) is 0 Å². The highest BCUT2D eigenvalue weighted by Gasteiger charge is 2.21. The van der Waals surface area contributed by atoms with Crippen molar-refractivity contribution in [2.45, 2.75) is 39.7 Å². The summed E-state index contributed by atoms with van der Waals surface area (Å²) in [5.74, 6) is -0.385. The first-order chi connectivity index (χ1) is 7.47. The fourth-order valence-corrected chi connectivity index (χ4v) is 1.27. The third kappa shape index (κ3) is 7.23. The van der Waals surface area contributed by atoms with E-state index in [1.54, 1.807) is 0 Å². The molecule has 0 spiro atoms. The summed E-state index contributed by atoms with van der Waals surface area (Å²) < 4.78 is 4.93. The van der Waals surface area contributed by atoms with Gasteiger partial charge in [-0.25, -0.2) is 4.79 Å². The van der Waals surface area contributed by atoms with Crippen molar-refractivity contribution in [2.24, 2.45) is 5.92 Å². The van der Waals surface area contributed by atoms with Crippen LogP contribution in [-0.4, -0.2) is 36.2 Å². The van der Waals surface area contributed by atoms with Gasteiger partial charge in [-0.3, -0.25) is 4.79 Å². The van der Waals surface area contributed by atoms with Crippen LogP contribution in [0, 0.1) is 5.92 Å². The zero-order chi connectivity index (χ0) is 12.6. The Kier molecular flexibility index (Phi) is 7.54. The lowest BCUT2D eigenvalue weighted by atomic mass is 10.0. The standard InChI is InChI=1S/C11H21NO4/c1-8(2)7-10(12-9(3)14)11(15)16-6-4-5-13/h8,10,13H,4-7H2,1-3H3,(H,12,14). The van der Waals surface area contributed by atoms with E-state index in [-0.39, 0.29) is 19.1 Å². The first kappa shape index (κ1) is 14.9. The Morgan fingerprint density at radius 1 is 1.38 bits per heavy atom. The van der Waals surface area contributed by atoms with Crippen molar-refractivity contribution in [2.75, 3.05) is 13.2 Å². The third-order valence-corrected chi connectivity index (χ3v) is 1.92. The van der Waals surface area contributed by atoms with Crippen molar-refractivity contribution in [3.05, 3.63) is 0 Å². The van der Waals surface area contributed by atoms with Crippen LogP contribution in [0.2, 0.25) is 0 Å². The van der Waals surface area contributed by atoms with Gasteiger partial charge in [0.25, 0.3) is 0 Å². The van der Waals surface area contributed by atoms with E-state index in [0.29, 0.717) is 18.8 Å². The van der Waals surface area contributed by atoms with Gasteiger partial charge >= 0.3 is 5.97 Å². The summed E-state index contributed by atoms with van der Waals surface area (Å²) in [6.07, 6.45) is 0.970. The van der Waals surface area contributed by atoms with Crippen LogP contribution in [0.3, 0.4) is 0 Å². The van der Waals surface area contributed by atoms with Crippen LogP contribution in [0.15, 0.2) is 0 Å². The first-order valence-electron chi connectivity index (χ1n) is 5.52. The molecule has 0 heterocycles. The van der Waals surface area contributed by atoms with E-state index in [0.717, 1.165) is 0 Å². The predicted octanol–water partition coefficient (Wildman–Crippen LogP) is 0.463. The molecule has 0 aliphatic carbocycles. The molecule has 0 aliphatic heterocycles. The number of nitrogens with one attached hydrogen (secondary N) is 1. The number of rotatable bonds is 7. The molecule has 0 saturated carbocycles.